The molecule has 0 unspecified atom stereocenters. The Morgan fingerprint density at radius 1 is 1.43 bits per heavy atom. The second kappa shape index (κ2) is 3.83. The van der Waals surface area contributed by atoms with Crippen molar-refractivity contribution in [1.82, 2.24) is 0 Å². The molecule has 1 aromatic heterocycles. The fraction of sp³-hybridized carbons (Fsp3) is 0.273. The van der Waals surface area contributed by atoms with Gasteiger partial charge in [-0.25, -0.2) is 0 Å². The molecule has 0 aliphatic carbocycles. The predicted octanol–water partition coefficient (Wildman–Crippen LogP) is 3.77. The maximum atomic E-state index is 6.05. The number of aryl methyl sites for hydroxylation is 1. The number of thioether (sulfide) groups is 1. The molecular formula is C11H13NS2. The van der Waals surface area contributed by atoms with E-state index in [0.717, 1.165) is 12.1 Å². The van der Waals surface area contributed by atoms with Crippen molar-refractivity contribution in [3.05, 3.63) is 23.1 Å². The van der Waals surface area contributed by atoms with Gasteiger partial charge in [0.15, 0.2) is 0 Å². The van der Waals surface area contributed by atoms with E-state index in [0.29, 0.717) is 0 Å². The van der Waals surface area contributed by atoms with Gasteiger partial charge in [-0.3, -0.25) is 0 Å². The summed E-state index contributed by atoms with van der Waals surface area (Å²) in [5, 5.41) is 3.42. The summed E-state index contributed by atoms with van der Waals surface area (Å²) in [7, 11) is 0. The standard InChI is InChI=1S/C11H13NS2/c1-3-7-4-8(12)11-9(5-7)14-6-10(11)13-2/h4-6H,3,12H2,1-2H3. The monoisotopic (exact) mass is 223 g/mol. The Morgan fingerprint density at radius 2 is 2.21 bits per heavy atom. The molecule has 0 saturated carbocycles. The van der Waals surface area contributed by atoms with Gasteiger partial charge in [0, 0.05) is 26.0 Å². The number of anilines is 1. The minimum atomic E-state index is 0.921. The van der Waals surface area contributed by atoms with Crippen LogP contribution in [0.2, 0.25) is 0 Å². The van der Waals surface area contributed by atoms with Crippen LogP contribution in [0.3, 0.4) is 0 Å². The van der Waals surface area contributed by atoms with E-state index in [4.69, 9.17) is 5.73 Å². The third-order valence-electron chi connectivity index (χ3n) is 2.36. The van der Waals surface area contributed by atoms with Crippen molar-refractivity contribution in [1.29, 1.82) is 0 Å². The van der Waals surface area contributed by atoms with Gasteiger partial charge in [0.05, 0.1) is 0 Å². The highest BCUT2D eigenvalue weighted by Gasteiger charge is 2.07. The van der Waals surface area contributed by atoms with Crippen LogP contribution in [0.4, 0.5) is 5.69 Å². The number of hydrogen-bond donors (Lipinski definition) is 1. The molecule has 3 heteroatoms. The average molecular weight is 223 g/mol. The lowest BCUT2D eigenvalue weighted by atomic mass is 10.1. The quantitative estimate of drug-likeness (QED) is 0.619. The van der Waals surface area contributed by atoms with Crippen LogP contribution in [-0.4, -0.2) is 6.26 Å². The lowest BCUT2D eigenvalue weighted by Crippen LogP contribution is -1.89. The number of benzene rings is 1. The molecule has 2 rings (SSSR count). The zero-order valence-electron chi connectivity index (χ0n) is 8.33. The van der Waals surface area contributed by atoms with Crippen LogP contribution in [0, 0.1) is 0 Å². The van der Waals surface area contributed by atoms with Crippen LogP contribution in [0.15, 0.2) is 22.4 Å². The summed E-state index contributed by atoms with van der Waals surface area (Å²) >= 11 is 3.54. The van der Waals surface area contributed by atoms with Crippen molar-refractivity contribution in [2.75, 3.05) is 12.0 Å². The first-order valence-electron chi connectivity index (χ1n) is 4.59. The second-order valence-corrected chi connectivity index (χ2v) is 4.98. The number of hydrogen-bond acceptors (Lipinski definition) is 3. The van der Waals surface area contributed by atoms with Crippen molar-refractivity contribution in [3.63, 3.8) is 0 Å². The van der Waals surface area contributed by atoms with Gasteiger partial charge in [0.1, 0.15) is 0 Å². The van der Waals surface area contributed by atoms with Crippen molar-refractivity contribution in [2.45, 2.75) is 18.2 Å². The summed E-state index contributed by atoms with van der Waals surface area (Å²) in [6, 6.07) is 4.34. The van der Waals surface area contributed by atoms with E-state index in [2.05, 4.69) is 30.7 Å². The predicted molar refractivity (Wildman–Crippen MR) is 67.4 cm³/mol. The van der Waals surface area contributed by atoms with Crippen molar-refractivity contribution >= 4 is 38.9 Å². The minimum Gasteiger partial charge on any atom is -0.398 e. The van der Waals surface area contributed by atoms with Gasteiger partial charge < -0.3 is 5.73 Å². The fourth-order valence-electron chi connectivity index (χ4n) is 1.58. The first kappa shape index (κ1) is 9.87. The highest BCUT2D eigenvalue weighted by atomic mass is 32.2. The molecular weight excluding hydrogens is 210 g/mol. The molecule has 1 heterocycles. The Kier molecular flexibility index (Phi) is 2.70. The summed E-state index contributed by atoms with van der Waals surface area (Å²) in [6.07, 6.45) is 3.14. The summed E-state index contributed by atoms with van der Waals surface area (Å²) in [6.45, 7) is 2.16. The molecule has 0 amide bonds. The molecule has 2 aromatic rings. The molecule has 74 valence electrons. The smallest absolute Gasteiger partial charge is 0.0416 e. The van der Waals surface area contributed by atoms with Crippen LogP contribution >= 0.6 is 23.1 Å². The number of nitrogens with two attached hydrogens (primary N) is 1. The van der Waals surface area contributed by atoms with Crippen molar-refractivity contribution < 1.29 is 0 Å². The summed E-state index contributed by atoms with van der Waals surface area (Å²) < 4.78 is 1.31. The van der Waals surface area contributed by atoms with Crippen LogP contribution in [0.5, 0.6) is 0 Å². The van der Waals surface area contributed by atoms with E-state index in [1.165, 1.54) is 20.5 Å². The van der Waals surface area contributed by atoms with E-state index in [1.54, 1.807) is 23.1 Å². The maximum Gasteiger partial charge on any atom is 0.0416 e. The Labute approximate surface area is 92.3 Å². The molecule has 0 atom stereocenters. The topological polar surface area (TPSA) is 26.0 Å². The van der Waals surface area contributed by atoms with E-state index in [-0.39, 0.29) is 0 Å². The van der Waals surface area contributed by atoms with E-state index >= 15 is 0 Å². The van der Waals surface area contributed by atoms with Crippen LogP contribution < -0.4 is 5.73 Å². The molecule has 2 N–H and O–H groups in total. The molecule has 0 saturated heterocycles. The first-order chi connectivity index (χ1) is 6.76. The zero-order valence-corrected chi connectivity index (χ0v) is 9.97. The molecule has 0 spiro atoms. The van der Waals surface area contributed by atoms with Gasteiger partial charge in [-0.05, 0) is 30.4 Å². The van der Waals surface area contributed by atoms with E-state index < -0.39 is 0 Å². The number of rotatable bonds is 2. The number of fused-ring (bicyclic) bond motifs is 1. The van der Waals surface area contributed by atoms with Gasteiger partial charge in [-0.1, -0.05) is 6.92 Å². The third kappa shape index (κ3) is 1.51. The molecule has 0 fully saturated rings. The highest BCUT2D eigenvalue weighted by Crippen LogP contribution is 2.36. The first-order valence-corrected chi connectivity index (χ1v) is 6.70. The van der Waals surface area contributed by atoms with Crippen LogP contribution in [0.25, 0.3) is 10.1 Å². The molecule has 0 aliphatic heterocycles. The molecule has 1 nitrogen and oxygen atoms in total. The van der Waals surface area contributed by atoms with E-state index in [1.807, 2.05) is 0 Å². The van der Waals surface area contributed by atoms with Gasteiger partial charge in [0.2, 0.25) is 0 Å². The third-order valence-corrected chi connectivity index (χ3v) is 4.20. The van der Waals surface area contributed by atoms with Gasteiger partial charge in [0.25, 0.3) is 0 Å². The Balaban J connectivity index is 2.72. The van der Waals surface area contributed by atoms with E-state index in [9.17, 15) is 0 Å². The molecule has 0 bridgehead atoms. The molecule has 0 radical (unpaired) electrons. The fourth-order valence-corrected chi connectivity index (χ4v) is 3.53. The van der Waals surface area contributed by atoms with Gasteiger partial charge in [-0.2, -0.15) is 0 Å². The summed E-state index contributed by atoms with van der Waals surface area (Å²) in [5.74, 6) is 0. The van der Waals surface area contributed by atoms with Crippen molar-refractivity contribution in [2.24, 2.45) is 0 Å². The average Bonchev–Trinajstić information content (AvgIpc) is 2.61. The zero-order chi connectivity index (χ0) is 10.1. The largest absolute Gasteiger partial charge is 0.398 e. The Morgan fingerprint density at radius 3 is 2.86 bits per heavy atom. The van der Waals surface area contributed by atoms with Gasteiger partial charge >= 0.3 is 0 Å². The van der Waals surface area contributed by atoms with Crippen molar-refractivity contribution in [3.8, 4) is 0 Å². The number of thiophene rings is 1. The Bertz CT molecular complexity index is 460. The normalized spacial score (nSPS) is 11.0. The number of nitrogen functional groups attached to an aromatic ring is 1. The highest BCUT2D eigenvalue weighted by molar-refractivity contribution is 7.99. The minimum absolute atomic E-state index is 0.921. The SMILES string of the molecule is CCc1cc(N)c2c(SC)csc2c1. The van der Waals surface area contributed by atoms with Crippen LogP contribution in [0.1, 0.15) is 12.5 Å². The molecule has 0 aliphatic rings. The molecule has 14 heavy (non-hydrogen) atoms. The van der Waals surface area contributed by atoms with Gasteiger partial charge in [-0.15, -0.1) is 23.1 Å². The lowest BCUT2D eigenvalue weighted by Gasteiger charge is -2.02. The maximum absolute atomic E-state index is 6.05. The van der Waals surface area contributed by atoms with Crippen LogP contribution in [-0.2, 0) is 6.42 Å². The summed E-state index contributed by atoms with van der Waals surface area (Å²) in [5.41, 5.74) is 8.29. The lowest BCUT2D eigenvalue weighted by molar-refractivity contribution is 1.15. The second-order valence-electron chi connectivity index (χ2n) is 3.22. The Hall–Kier alpha value is -0.670. The summed E-state index contributed by atoms with van der Waals surface area (Å²) in [4.78, 5) is 1.30. The molecule has 1 aromatic carbocycles.